The largest absolute Gasteiger partial charge is 0.383 e. The first-order valence-corrected chi connectivity index (χ1v) is 7.04. The number of hydrogen-bond donors (Lipinski definition) is 2. The van der Waals surface area contributed by atoms with Crippen LogP contribution in [-0.4, -0.2) is 24.1 Å². The molecule has 1 aliphatic rings. The third-order valence-corrected chi connectivity index (χ3v) is 3.69. The number of primary sulfonamides is 1. The van der Waals surface area contributed by atoms with E-state index in [2.05, 4.69) is 20.5 Å². The second kappa shape index (κ2) is 4.25. The first-order valence-electron chi connectivity index (χ1n) is 5.49. The highest BCUT2D eigenvalue weighted by atomic mass is 32.2. The zero-order valence-electron chi connectivity index (χ0n) is 10.1. The average Bonchev–Trinajstić information content (AvgIpc) is 2.83. The van der Waals surface area contributed by atoms with Gasteiger partial charge in [0.15, 0.2) is 5.82 Å². The Morgan fingerprint density at radius 1 is 1.15 bits per heavy atom. The molecule has 1 aromatic carbocycles. The maximum atomic E-state index is 11.4. The van der Waals surface area contributed by atoms with E-state index in [1.54, 1.807) is 12.1 Å². The predicted octanol–water partition coefficient (Wildman–Crippen LogP) is -0.292. The Labute approximate surface area is 114 Å². The van der Waals surface area contributed by atoms with Crippen molar-refractivity contribution >= 4 is 27.4 Å². The Morgan fingerprint density at radius 3 is 2.70 bits per heavy atom. The molecule has 0 saturated heterocycles. The van der Waals surface area contributed by atoms with Gasteiger partial charge < -0.3 is 5.73 Å². The van der Waals surface area contributed by atoms with Gasteiger partial charge in [-0.1, -0.05) is 12.1 Å². The second-order valence-corrected chi connectivity index (χ2v) is 5.64. The van der Waals surface area contributed by atoms with Gasteiger partial charge in [-0.3, -0.25) is 0 Å². The van der Waals surface area contributed by atoms with E-state index in [4.69, 9.17) is 10.9 Å². The highest BCUT2D eigenvalue weighted by Crippen LogP contribution is 2.27. The van der Waals surface area contributed by atoms with E-state index in [9.17, 15) is 8.42 Å². The molecule has 101 valence electrons. The summed E-state index contributed by atoms with van der Waals surface area (Å²) in [7, 11) is -3.79. The molecular formula is C11H9N6O2S. The van der Waals surface area contributed by atoms with Crippen LogP contribution < -0.4 is 16.3 Å². The van der Waals surface area contributed by atoms with Crippen molar-refractivity contribution in [2.75, 3.05) is 5.73 Å². The van der Waals surface area contributed by atoms with Gasteiger partial charge in [-0.2, -0.15) is 0 Å². The summed E-state index contributed by atoms with van der Waals surface area (Å²) in [4.78, 5) is 7.82. The number of hydrogen-bond acceptors (Lipinski definition) is 6. The number of benzene rings is 1. The molecular weight excluding hydrogens is 280 g/mol. The first kappa shape index (κ1) is 12.5. The Balaban J connectivity index is 2.14. The molecule has 2 heterocycles. The number of aromatic nitrogens is 2. The van der Waals surface area contributed by atoms with Crippen molar-refractivity contribution in [3.63, 3.8) is 0 Å². The Bertz CT molecular complexity index is 831. The predicted molar refractivity (Wildman–Crippen MR) is 71.7 cm³/mol. The number of nitrogens with two attached hydrogens (primary N) is 2. The number of nitrogens with zero attached hydrogens (tertiary/aromatic N) is 4. The van der Waals surface area contributed by atoms with Gasteiger partial charge in [-0.15, -0.1) is 10.5 Å². The number of anilines is 1. The van der Waals surface area contributed by atoms with Crippen LogP contribution in [0.25, 0.3) is 0 Å². The number of rotatable bonds is 2. The van der Waals surface area contributed by atoms with E-state index in [0.717, 1.165) is 0 Å². The molecule has 1 aromatic heterocycles. The van der Waals surface area contributed by atoms with Crippen molar-refractivity contribution in [2.45, 2.75) is 4.90 Å². The van der Waals surface area contributed by atoms with Crippen LogP contribution in [-0.2, 0) is 10.0 Å². The quantitative estimate of drug-likeness (QED) is 0.782. The minimum Gasteiger partial charge on any atom is -0.383 e. The van der Waals surface area contributed by atoms with E-state index in [1.165, 1.54) is 18.5 Å². The lowest BCUT2D eigenvalue weighted by Crippen LogP contribution is -2.13. The smallest absolute Gasteiger partial charge is 0.238 e. The molecule has 0 saturated carbocycles. The molecule has 1 aliphatic heterocycles. The molecule has 0 bridgehead atoms. The normalized spacial score (nSPS) is 13.6. The highest BCUT2D eigenvalue weighted by Gasteiger charge is 2.24. The molecule has 1 radical (unpaired) electrons. The molecule has 0 unspecified atom stereocenters. The maximum Gasteiger partial charge on any atom is 0.238 e. The van der Waals surface area contributed by atoms with Crippen molar-refractivity contribution in [2.24, 2.45) is 10.2 Å². The van der Waals surface area contributed by atoms with E-state index in [0.29, 0.717) is 22.7 Å². The Kier molecular flexibility index (Phi) is 2.66. The summed E-state index contributed by atoms with van der Waals surface area (Å²) in [6, 6.07) is 6.06. The standard InChI is InChI=1S/C11H9N6O2S/c12-10-8-9(16-17-11(8)15-5-14-10)6-2-1-3-7(4-6)20(13,18)19/h1-5H,(H2,12,14,15)(H2,13,18,19). The van der Waals surface area contributed by atoms with E-state index < -0.39 is 10.0 Å². The van der Waals surface area contributed by atoms with Gasteiger partial charge >= 0.3 is 0 Å². The lowest BCUT2D eigenvalue weighted by molar-refractivity contribution is 0.598. The fraction of sp³-hybridized carbons (Fsp3) is 0. The lowest BCUT2D eigenvalue weighted by atomic mass is 10.0. The molecule has 0 spiro atoms. The number of nitrogen functional groups attached to an aromatic ring is 1. The Morgan fingerprint density at radius 2 is 1.95 bits per heavy atom. The van der Waals surface area contributed by atoms with Crippen LogP contribution in [0, 0.1) is 0 Å². The summed E-state index contributed by atoms with van der Waals surface area (Å²) < 4.78 is 22.8. The van der Waals surface area contributed by atoms with Gasteiger partial charge in [0, 0.05) is 5.56 Å². The molecule has 20 heavy (non-hydrogen) atoms. The fourth-order valence-corrected chi connectivity index (χ4v) is 2.42. The van der Waals surface area contributed by atoms with Crippen LogP contribution in [0.5, 0.6) is 0 Å². The van der Waals surface area contributed by atoms with Gasteiger partial charge in [0.2, 0.25) is 10.0 Å². The molecule has 4 N–H and O–H groups in total. The zero-order chi connectivity index (χ0) is 14.3. The summed E-state index contributed by atoms with van der Waals surface area (Å²) in [6.45, 7) is 0. The SMILES string of the molecule is Nc1ncnc2c1C(c1cccc(S(N)(=O)=O)c1)=N[N]2. The van der Waals surface area contributed by atoms with Crippen LogP contribution in [0.2, 0.25) is 0 Å². The van der Waals surface area contributed by atoms with Gasteiger partial charge in [-0.25, -0.2) is 23.5 Å². The van der Waals surface area contributed by atoms with Crippen LogP contribution in [0.4, 0.5) is 11.6 Å². The minimum atomic E-state index is -3.79. The monoisotopic (exact) mass is 289 g/mol. The van der Waals surface area contributed by atoms with Gasteiger partial charge in [0.1, 0.15) is 17.9 Å². The summed E-state index contributed by atoms with van der Waals surface area (Å²) >= 11 is 0. The zero-order valence-corrected chi connectivity index (χ0v) is 10.9. The molecule has 0 aliphatic carbocycles. The van der Waals surface area contributed by atoms with Crippen molar-refractivity contribution < 1.29 is 8.42 Å². The molecule has 0 amide bonds. The summed E-state index contributed by atoms with van der Waals surface area (Å²) in [5.41, 5.74) is 11.1. The van der Waals surface area contributed by atoms with Crippen molar-refractivity contribution in [1.29, 1.82) is 0 Å². The summed E-state index contributed by atoms with van der Waals surface area (Å²) in [5.74, 6) is 0.588. The number of fused-ring (bicyclic) bond motifs is 1. The van der Waals surface area contributed by atoms with E-state index in [1.807, 2.05) is 0 Å². The molecule has 0 fully saturated rings. The van der Waals surface area contributed by atoms with Crippen molar-refractivity contribution in [1.82, 2.24) is 15.4 Å². The van der Waals surface area contributed by atoms with E-state index >= 15 is 0 Å². The fourth-order valence-electron chi connectivity index (χ4n) is 1.86. The third-order valence-electron chi connectivity index (χ3n) is 2.77. The molecule has 0 atom stereocenters. The topological polar surface area (TPSA) is 138 Å². The molecule has 2 aromatic rings. The van der Waals surface area contributed by atoms with Crippen LogP contribution in [0.15, 0.2) is 40.6 Å². The Hall–Kier alpha value is -2.52. The van der Waals surface area contributed by atoms with Gasteiger partial charge in [0.25, 0.3) is 0 Å². The summed E-state index contributed by atoms with van der Waals surface area (Å²) in [5, 5.41) is 9.09. The third kappa shape index (κ3) is 1.98. The summed E-state index contributed by atoms with van der Waals surface area (Å²) in [6.07, 6.45) is 1.29. The average molecular weight is 289 g/mol. The highest BCUT2D eigenvalue weighted by molar-refractivity contribution is 7.89. The van der Waals surface area contributed by atoms with E-state index in [-0.39, 0.29) is 10.7 Å². The van der Waals surface area contributed by atoms with Crippen LogP contribution >= 0.6 is 0 Å². The van der Waals surface area contributed by atoms with Gasteiger partial charge in [-0.05, 0) is 12.1 Å². The van der Waals surface area contributed by atoms with Crippen LogP contribution in [0.1, 0.15) is 11.1 Å². The number of sulfonamides is 1. The molecule has 3 rings (SSSR count). The van der Waals surface area contributed by atoms with Crippen molar-refractivity contribution in [3.8, 4) is 0 Å². The molecule has 9 heteroatoms. The second-order valence-electron chi connectivity index (χ2n) is 4.08. The first-order chi connectivity index (χ1) is 9.47. The van der Waals surface area contributed by atoms with Crippen LogP contribution in [0.3, 0.4) is 0 Å². The maximum absolute atomic E-state index is 11.4. The minimum absolute atomic E-state index is 0.0124. The lowest BCUT2D eigenvalue weighted by Gasteiger charge is -2.05. The molecule has 8 nitrogen and oxygen atoms in total. The van der Waals surface area contributed by atoms with Gasteiger partial charge in [0.05, 0.1) is 10.5 Å². The van der Waals surface area contributed by atoms with Crippen molar-refractivity contribution in [3.05, 3.63) is 41.7 Å².